The summed E-state index contributed by atoms with van der Waals surface area (Å²) in [5.74, 6) is 0.129. The second-order valence-electron chi connectivity index (χ2n) is 8.25. The molecule has 0 bridgehead atoms. The fraction of sp³-hybridized carbons (Fsp3) is 0.476. The number of aromatic nitrogens is 5. The van der Waals surface area contributed by atoms with Crippen LogP contribution in [0.1, 0.15) is 30.0 Å². The third-order valence-electron chi connectivity index (χ3n) is 6.36. The average Bonchev–Trinajstić information content (AvgIpc) is 3.43. The Kier molecular flexibility index (Phi) is 4.67. The average molecular weight is 396 g/mol. The molecule has 2 aliphatic heterocycles. The van der Waals surface area contributed by atoms with Gasteiger partial charge in [0.25, 0.3) is 0 Å². The molecule has 2 saturated heterocycles. The van der Waals surface area contributed by atoms with Crippen LogP contribution < -0.4 is 0 Å². The second kappa shape index (κ2) is 7.35. The maximum atomic E-state index is 14.1. The van der Waals surface area contributed by atoms with E-state index in [1.165, 1.54) is 16.3 Å². The number of rotatable bonds is 4. The molecule has 2 aromatic heterocycles. The molecule has 1 aromatic carbocycles. The molecule has 8 heteroatoms. The molecule has 0 amide bonds. The normalized spacial score (nSPS) is 21.8. The van der Waals surface area contributed by atoms with E-state index in [9.17, 15) is 4.39 Å². The van der Waals surface area contributed by atoms with Crippen LogP contribution in [0.4, 0.5) is 4.39 Å². The monoisotopic (exact) mass is 396 g/mol. The molecule has 1 atom stereocenters. The number of para-hydroxylation sites is 1. The lowest BCUT2D eigenvalue weighted by atomic mass is 9.70. The summed E-state index contributed by atoms with van der Waals surface area (Å²) in [7, 11) is 1.97. The summed E-state index contributed by atoms with van der Waals surface area (Å²) in [5.41, 5.74) is 2.78. The molecule has 4 heterocycles. The number of halogens is 1. The van der Waals surface area contributed by atoms with Gasteiger partial charge in [0.05, 0.1) is 18.1 Å². The van der Waals surface area contributed by atoms with Gasteiger partial charge < -0.3 is 4.74 Å². The molecule has 5 rings (SSSR count). The van der Waals surface area contributed by atoms with Crippen LogP contribution in [0, 0.1) is 11.2 Å². The Labute approximate surface area is 169 Å². The first-order valence-corrected chi connectivity index (χ1v) is 10.1. The van der Waals surface area contributed by atoms with Gasteiger partial charge in [0.2, 0.25) is 0 Å². The van der Waals surface area contributed by atoms with Crippen molar-refractivity contribution in [2.45, 2.75) is 25.3 Å². The first-order valence-electron chi connectivity index (χ1n) is 10.1. The standard InChI is InChI=1S/C21H25FN6O/c1-26-11-16(10-23-26)18-14-27(15-21(18)6-8-29-9-7-21)12-17-13-28(25-24-17)20-5-3-2-4-19(20)22/h2-5,10-11,13,18H,6-9,12,14-15H2,1H3. The van der Waals surface area contributed by atoms with Gasteiger partial charge >= 0.3 is 0 Å². The fourth-order valence-electron chi connectivity index (χ4n) is 4.91. The van der Waals surface area contributed by atoms with E-state index in [4.69, 9.17) is 4.74 Å². The van der Waals surface area contributed by atoms with Gasteiger partial charge in [-0.05, 0) is 36.0 Å². The molecule has 152 valence electrons. The second-order valence-corrected chi connectivity index (χ2v) is 8.25. The first-order chi connectivity index (χ1) is 14.1. The zero-order valence-electron chi connectivity index (χ0n) is 16.5. The first kappa shape index (κ1) is 18.4. The molecular formula is C21H25FN6O. The van der Waals surface area contributed by atoms with E-state index >= 15 is 0 Å². The predicted octanol–water partition coefficient (Wildman–Crippen LogP) is 2.54. The molecule has 0 saturated carbocycles. The zero-order chi connectivity index (χ0) is 19.8. The van der Waals surface area contributed by atoms with Crippen molar-refractivity contribution in [3.05, 3.63) is 59.9 Å². The maximum Gasteiger partial charge on any atom is 0.148 e. The Morgan fingerprint density at radius 3 is 2.79 bits per heavy atom. The topological polar surface area (TPSA) is 61.0 Å². The van der Waals surface area contributed by atoms with Crippen molar-refractivity contribution < 1.29 is 9.13 Å². The van der Waals surface area contributed by atoms with Gasteiger partial charge in [-0.25, -0.2) is 9.07 Å². The molecule has 2 fully saturated rings. The third-order valence-corrected chi connectivity index (χ3v) is 6.36. The SMILES string of the molecule is Cn1cc(C2CN(Cc3cn(-c4ccccc4F)nn3)CC23CCOCC3)cn1. The van der Waals surface area contributed by atoms with Gasteiger partial charge in [-0.15, -0.1) is 5.10 Å². The van der Waals surface area contributed by atoms with Crippen molar-refractivity contribution in [2.75, 3.05) is 26.3 Å². The van der Waals surface area contributed by atoms with E-state index in [-0.39, 0.29) is 11.2 Å². The van der Waals surface area contributed by atoms with Gasteiger partial charge in [0.1, 0.15) is 11.5 Å². The van der Waals surface area contributed by atoms with Crippen LogP contribution in [0.3, 0.4) is 0 Å². The van der Waals surface area contributed by atoms with E-state index < -0.39 is 0 Å². The summed E-state index contributed by atoms with van der Waals surface area (Å²) in [6.07, 6.45) is 8.09. The van der Waals surface area contributed by atoms with Crippen molar-refractivity contribution in [3.8, 4) is 5.69 Å². The molecule has 0 radical (unpaired) electrons. The van der Waals surface area contributed by atoms with Crippen LogP contribution in [0.25, 0.3) is 5.69 Å². The Morgan fingerprint density at radius 1 is 1.21 bits per heavy atom. The number of ether oxygens (including phenoxy) is 1. The molecule has 0 aliphatic carbocycles. The number of hydrogen-bond donors (Lipinski definition) is 0. The Balaban J connectivity index is 1.36. The number of benzene rings is 1. The molecule has 3 aromatic rings. The third kappa shape index (κ3) is 3.47. The lowest BCUT2D eigenvalue weighted by Crippen LogP contribution is -2.36. The molecule has 1 unspecified atom stereocenters. The van der Waals surface area contributed by atoms with Gasteiger partial charge in [0, 0.05) is 52.0 Å². The molecule has 7 nitrogen and oxygen atoms in total. The van der Waals surface area contributed by atoms with Crippen molar-refractivity contribution in [2.24, 2.45) is 12.5 Å². The van der Waals surface area contributed by atoms with Crippen LogP contribution in [0.15, 0.2) is 42.9 Å². The minimum absolute atomic E-state index is 0.211. The van der Waals surface area contributed by atoms with E-state index in [1.807, 2.05) is 24.1 Å². The van der Waals surface area contributed by atoms with Crippen LogP contribution in [0.2, 0.25) is 0 Å². The smallest absolute Gasteiger partial charge is 0.148 e. The van der Waals surface area contributed by atoms with Crippen molar-refractivity contribution >= 4 is 0 Å². The quantitative estimate of drug-likeness (QED) is 0.678. The Morgan fingerprint density at radius 2 is 2.03 bits per heavy atom. The molecule has 1 spiro atoms. The van der Waals surface area contributed by atoms with Crippen LogP contribution in [-0.2, 0) is 18.3 Å². The van der Waals surface area contributed by atoms with Crippen molar-refractivity contribution in [1.82, 2.24) is 29.7 Å². The van der Waals surface area contributed by atoms with E-state index in [0.29, 0.717) is 18.2 Å². The highest BCUT2D eigenvalue weighted by atomic mass is 19.1. The van der Waals surface area contributed by atoms with E-state index in [0.717, 1.165) is 44.8 Å². The van der Waals surface area contributed by atoms with Crippen molar-refractivity contribution in [1.29, 1.82) is 0 Å². The molecule has 0 N–H and O–H groups in total. The highest BCUT2D eigenvalue weighted by Gasteiger charge is 2.48. The van der Waals surface area contributed by atoms with Crippen LogP contribution >= 0.6 is 0 Å². The Bertz CT molecular complexity index is 992. The molecule has 29 heavy (non-hydrogen) atoms. The fourth-order valence-corrected chi connectivity index (χ4v) is 4.91. The highest BCUT2D eigenvalue weighted by Crippen LogP contribution is 2.49. The van der Waals surface area contributed by atoms with Crippen LogP contribution in [-0.4, -0.2) is 56.0 Å². The molecule has 2 aliphatic rings. The number of aryl methyl sites for hydroxylation is 1. The van der Waals surface area contributed by atoms with E-state index in [2.05, 4.69) is 26.5 Å². The number of likely N-dealkylation sites (tertiary alicyclic amines) is 1. The zero-order valence-corrected chi connectivity index (χ0v) is 16.5. The summed E-state index contributed by atoms with van der Waals surface area (Å²) in [5, 5.41) is 12.8. The van der Waals surface area contributed by atoms with Gasteiger partial charge in [-0.2, -0.15) is 5.10 Å². The summed E-state index contributed by atoms with van der Waals surface area (Å²) in [6.45, 7) is 4.29. The van der Waals surface area contributed by atoms with Gasteiger partial charge in [-0.3, -0.25) is 9.58 Å². The minimum atomic E-state index is -0.303. The largest absolute Gasteiger partial charge is 0.381 e. The molecular weight excluding hydrogens is 371 g/mol. The number of nitrogens with zero attached hydrogens (tertiary/aromatic N) is 6. The predicted molar refractivity (Wildman–Crippen MR) is 105 cm³/mol. The summed E-state index contributed by atoms with van der Waals surface area (Å²) in [4.78, 5) is 2.44. The summed E-state index contributed by atoms with van der Waals surface area (Å²) in [6, 6.07) is 6.62. The lowest BCUT2D eigenvalue weighted by molar-refractivity contribution is 0.0118. The highest BCUT2D eigenvalue weighted by molar-refractivity contribution is 5.32. The van der Waals surface area contributed by atoms with Gasteiger partial charge in [-0.1, -0.05) is 17.3 Å². The maximum absolute atomic E-state index is 14.1. The van der Waals surface area contributed by atoms with E-state index in [1.54, 1.807) is 18.2 Å². The Hall–Kier alpha value is -2.58. The van der Waals surface area contributed by atoms with Gasteiger partial charge in [0.15, 0.2) is 0 Å². The number of hydrogen-bond acceptors (Lipinski definition) is 5. The summed E-state index contributed by atoms with van der Waals surface area (Å²) < 4.78 is 23.1. The summed E-state index contributed by atoms with van der Waals surface area (Å²) >= 11 is 0. The van der Waals surface area contributed by atoms with Crippen molar-refractivity contribution in [3.63, 3.8) is 0 Å². The van der Waals surface area contributed by atoms with Crippen LogP contribution in [0.5, 0.6) is 0 Å². The minimum Gasteiger partial charge on any atom is -0.381 e. The lowest BCUT2D eigenvalue weighted by Gasteiger charge is -2.38.